The van der Waals surface area contributed by atoms with Gasteiger partial charge in [-0.25, -0.2) is 4.79 Å². The number of nitrogens with two attached hydrogens (primary N) is 1. The monoisotopic (exact) mass is 218 g/mol. The zero-order valence-corrected chi connectivity index (χ0v) is 9.08. The van der Waals surface area contributed by atoms with Crippen LogP contribution in [0.25, 0.3) is 10.9 Å². The SMILES string of the molecule is Cc1[nH]c2cccc(C(=O)O)c2c1CCN. The van der Waals surface area contributed by atoms with E-state index in [4.69, 9.17) is 10.8 Å². The Morgan fingerprint density at radius 2 is 2.25 bits per heavy atom. The first kappa shape index (κ1) is 10.7. The Morgan fingerprint density at radius 3 is 2.88 bits per heavy atom. The van der Waals surface area contributed by atoms with Crippen LogP contribution >= 0.6 is 0 Å². The van der Waals surface area contributed by atoms with Crippen molar-refractivity contribution in [3.63, 3.8) is 0 Å². The fraction of sp³-hybridized carbons (Fsp3) is 0.250. The van der Waals surface area contributed by atoms with Crippen LogP contribution in [0.4, 0.5) is 0 Å². The lowest BCUT2D eigenvalue weighted by Crippen LogP contribution is -2.05. The third kappa shape index (κ3) is 1.57. The van der Waals surface area contributed by atoms with Crippen LogP contribution in [-0.4, -0.2) is 22.6 Å². The minimum absolute atomic E-state index is 0.338. The van der Waals surface area contributed by atoms with Gasteiger partial charge in [0.1, 0.15) is 0 Å². The van der Waals surface area contributed by atoms with Crippen molar-refractivity contribution >= 4 is 16.9 Å². The van der Waals surface area contributed by atoms with Gasteiger partial charge < -0.3 is 15.8 Å². The number of carboxylic acid groups (broad SMARTS) is 1. The number of benzene rings is 1. The minimum Gasteiger partial charge on any atom is -0.478 e. The fourth-order valence-corrected chi connectivity index (χ4v) is 2.08. The Kier molecular flexibility index (Phi) is 2.66. The van der Waals surface area contributed by atoms with E-state index in [0.717, 1.165) is 22.2 Å². The smallest absolute Gasteiger partial charge is 0.336 e. The lowest BCUT2D eigenvalue weighted by Gasteiger charge is -2.01. The van der Waals surface area contributed by atoms with Gasteiger partial charge in [0.2, 0.25) is 0 Å². The van der Waals surface area contributed by atoms with Crippen LogP contribution in [0.2, 0.25) is 0 Å². The molecule has 2 rings (SSSR count). The summed E-state index contributed by atoms with van der Waals surface area (Å²) < 4.78 is 0. The molecule has 0 fully saturated rings. The van der Waals surface area contributed by atoms with Crippen LogP contribution in [-0.2, 0) is 6.42 Å². The Hall–Kier alpha value is -1.81. The second kappa shape index (κ2) is 3.98. The van der Waals surface area contributed by atoms with Crippen LogP contribution in [0.15, 0.2) is 18.2 Å². The molecule has 4 N–H and O–H groups in total. The number of carboxylic acids is 1. The number of hydrogen-bond acceptors (Lipinski definition) is 2. The highest BCUT2D eigenvalue weighted by molar-refractivity contribution is 6.04. The zero-order chi connectivity index (χ0) is 11.7. The lowest BCUT2D eigenvalue weighted by molar-refractivity contribution is 0.0699. The third-order valence-corrected chi connectivity index (χ3v) is 2.77. The molecule has 0 bridgehead atoms. The van der Waals surface area contributed by atoms with Crippen molar-refractivity contribution in [1.29, 1.82) is 0 Å². The largest absolute Gasteiger partial charge is 0.478 e. The molecule has 84 valence electrons. The maximum absolute atomic E-state index is 11.1. The van der Waals surface area contributed by atoms with E-state index in [9.17, 15) is 4.79 Å². The van der Waals surface area contributed by atoms with Gasteiger partial charge in [0.15, 0.2) is 0 Å². The first-order chi connectivity index (χ1) is 7.65. The van der Waals surface area contributed by atoms with E-state index >= 15 is 0 Å². The van der Waals surface area contributed by atoms with Gasteiger partial charge in [-0.15, -0.1) is 0 Å². The molecule has 0 amide bonds. The van der Waals surface area contributed by atoms with E-state index in [1.807, 2.05) is 13.0 Å². The molecule has 0 spiro atoms. The second-order valence-electron chi connectivity index (χ2n) is 3.80. The van der Waals surface area contributed by atoms with Crippen molar-refractivity contribution in [2.24, 2.45) is 5.73 Å². The number of H-pyrrole nitrogens is 1. The summed E-state index contributed by atoms with van der Waals surface area (Å²) in [6.07, 6.45) is 0.691. The number of aromatic amines is 1. The standard InChI is InChI=1S/C12H14N2O2/c1-7-8(5-6-13)11-9(12(15)16)3-2-4-10(11)14-7/h2-4,14H,5-6,13H2,1H3,(H,15,16). The molecule has 0 saturated heterocycles. The molecule has 0 aliphatic heterocycles. The molecule has 4 heteroatoms. The highest BCUT2D eigenvalue weighted by Crippen LogP contribution is 2.26. The Labute approximate surface area is 93.1 Å². The number of nitrogens with one attached hydrogen (secondary N) is 1. The van der Waals surface area contributed by atoms with E-state index in [1.165, 1.54) is 0 Å². The van der Waals surface area contributed by atoms with Gasteiger partial charge >= 0.3 is 5.97 Å². The Balaban J connectivity index is 2.77. The molecular formula is C12H14N2O2. The predicted molar refractivity (Wildman–Crippen MR) is 62.8 cm³/mol. The maximum Gasteiger partial charge on any atom is 0.336 e. The van der Waals surface area contributed by atoms with E-state index in [1.54, 1.807) is 12.1 Å². The number of aryl methyl sites for hydroxylation is 1. The normalized spacial score (nSPS) is 10.9. The van der Waals surface area contributed by atoms with Crippen molar-refractivity contribution in [1.82, 2.24) is 4.98 Å². The number of fused-ring (bicyclic) bond motifs is 1. The zero-order valence-electron chi connectivity index (χ0n) is 9.08. The molecule has 4 nitrogen and oxygen atoms in total. The van der Waals surface area contributed by atoms with Crippen LogP contribution < -0.4 is 5.73 Å². The van der Waals surface area contributed by atoms with Crippen LogP contribution in [0.3, 0.4) is 0 Å². The second-order valence-corrected chi connectivity index (χ2v) is 3.80. The summed E-state index contributed by atoms with van der Waals surface area (Å²) in [5, 5.41) is 9.93. The van der Waals surface area contributed by atoms with Crippen molar-refractivity contribution in [2.45, 2.75) is 13.3 Å². The van der Waals surface area contributed by atoms with Crippen LogP contribution in [0.1, 0.15) is 21.6 Å². The quantitative estimate of drug-likeness (QED) is 0.733. The van der Waals surface area contributed by atoms with Crippen molar-refractivity contribution < 1.29 is 9.90 Å². The number of rotatable bonds is 3. The summed E-state index contributed by atoms with van der Waals surface area (Å²) in [6.45, 7) is 2.46. The molecule has 16 heavy (non-hydrogen) atoms. The van der Waals surface area contributed by atoms with Gasteiger partial charge in [0.25, 0.3) is 0 Å². The van der Waals surface area contributed by atoms with Crippen molar-refractivity contribution in [2.75, 3.05) is 6.54 Å². The number of aromatic nitrogens is 1. The molecule has 1 heterocycles. The molecular weight excluding hydrogens is 204 g/mol. The summed E-state index contributed by atoms with van der Waals surface area (Å²) >= 11 is 0. The summed E-state index contributed by atoms with van der Waals surface area (Å²) in [5.41, 5.74) is 8.75. The molecule has 2 aromatic rings. The van der Waals surface area contributed by atoms with E-state index in [0.29, 0.717) is 18.5 Å². The first-order valence-corrected chi connectivity index (χ1v) is 5.18. The number of aromatic carboxylic acids is 1. The van der Waals surface area contributed by atoms with Gasteiger partial charge in [-0.1, -0.05) is 6.07 Å². The van der Waals surface area contributed by atoms with Gasteiger partial charge in [-0.05, 0) is 37.6 Å². The Morgan fingerprint density at radius 1 is 1.50 bits per heavy atom. The van der Waals surface area contributed by atoms with Gasteiger partial charge in [0.05, 0.1) is 5.56 Å². The molecule has 1 aromatic carbocycles. The first-order valence-electron chi connectivity index (χ1n) is 5.18. The average Bonchev–Trinajstić information content (AvgIpc) is 2.55. The molecule has 0 saturated carbocycles. The predicted octanol–water partition coefficient (Wildman–Crippen LogP) is 1.68. The average molecular weight is 218 g/mol. The van der Waals surface area contributed by atoms with Gasteiger partial charge in [0, 0.05) is 16.6 Å². The van der Waals surface area contributed by atoms with Gasteiger partial charge in [-0.2, -0.15) is 0 Å². The highest BCUT2D eigenvalue weighted by atomic mass is 16.4. The van der Waals surface area contributed by atoms with E-state index in [2.05, 4.69) is 4.98 Å². The van der Waals surface area contributed by atoms with Crippen LogP contribution in [0.5, 0.6) is 0 Å². The molecule has 0 aliphatic carbocycles. The summed E-state index contributed by atoms with van der Waals surface area (Å²) in [5.74, 6) is -0.900. The van der Waals surface area contributed by atoms with Crippen molar-refractivity contribution in [3.05, 3.63) is 35.0 Å². The fourth-order valence-electron chi connectivity index (χ4n) is 2.08. The Bertz CT molecular complexity index is 543. The summed E-state index contributed by atoms with van der Waals surface area (Å²) in [7, 11) is 0. The molecule has 0 atom stereocenters. The van der Waals surface area contributed by atoms with E-state index < -0.39 is 5.97 Å². The van der Waals surface area contributed by atoms with Gasteiger partial charge in [-0.3, -0.25) is 0 Å². The lowest BCUT2D eigenvalue weighted by atomic mass is 10.0. The summed E-state index contributed by atoms with van der Waals surface area (Å²) in [4.78, 5) is 14.3. The topological polar surface area (TPSA) is 79.1 Å². The number of carbonyl (C=O) groups is 1. The minimum atomic E-state index is -0.900. The van der Waals surface area contributed by atoms with E-state index in [-0.39, 0.29) is 0 Å². The van der Waals surface area contributed by atoms with Crippen LogP contribution in [0, 0.1) is 6.92 Å². The molecule has 0 aliphatic rings. The third-order valence-electron chi connectivity index (χ3n) is 2.77. The maximum atomic E-state index is 11.1. The highest BCUT2D eigenvalue weighted by Gasteiger charge is 2.15. The van der Waals surface area contributed by atoms with Crippen molar-refractivity contribution in [3.8, 4) is 0 Å². The molecule has 0 unspecified atom stereocenters. The molecule has 1 aromatic heterocycles. The number of hydrogen-bond donors (Lipinski definition) is 3. The summed E-state index contributed by atoms with van der Waals surface area (Å²) in [6, 6.07) is 5.25. The molecule has 0 radical (unpaired) electrons.